The van der Waals surface area contributed by atoms with Crippen molar-refractivity contribution < 1.29 is 0 Å². The lowest BCUT2D eigenvalue weighted by atomic mass is 10.0. The van der Waals surface area contributed by atoms with Gasteiger partial charge in [0.2, 0.25) is 0 Å². The zero-order valence-corrected chi connectivity index (χ0v) is 14.7. The Morgan fingerprint density at radius 2 is 2.29 bits per heavy atom. The van der Waals surface area contributed by atoms with Gasteiger partial charge < -0.3 is 9.47 Å². The van der Waals surface area contributed by atoms with Crippen LogP contribution in [0.3, 0.4) is 0 Å². The first-order chi connectivity index (χ1) is 10.2. The minimum Gasteiger partial charge on any atom is -0.324 e. The normalized spacial score (nSPS) is 20.2. The van der Waals surface area contributed by atoms with Crippen molar-refractivity contribution in [3.8, 4) is 0 Å². The van der Waals surface area contributed by atoms with Gasteiger partial charge in [-0.25, -0.2) is 4.98 Å². The summed E-state index contributed by atoms with van der Waals surface area (Å²) in [5.74, 6) is 1.75. The van der Waals surface area contributed by atoms with E-state index in [1.165, 1.54) is 24.9 Å². The summed E-state index contributed by atoms with van der Waals surface area (Å²) in [6.45, 7) is 5.70. The molecule has 21 heavy (non-hydrogen) atoms. The maximum atomic E-state index is 5.99. The van der Waals surface area contributed by atoms with Crippen molar-refractivity contribution in [3.05, 3.63) is 28.5 Å². The van der Waals surface area contributed by atoms with E-state index in [4.69, 9.17) is 16.6 Å². The third-order valence-corrected chi connectivity index (χ3v) is 5.02. The number of alkyl halides is 1. The fourth-order valence-corrected chi connectivity index (χ4v) is 3.84. The molecule has 0 saturated carbocycles. The molecule has 1 atom stereocenters. The molecule has 5 heteroatoms. The van der Waals surface area contributed by atoms with E-state index in [0.717, 1.165) is 35.3 Å². The van der Waals surface area contributed by atoms with Gasteiger partial charge in [0, 0.05) is 29.4 Å². The molecule has 1 aromatic carbocycles. The molecule has 1 fully saturated rings. The highest BCUT2D eigenvalue weighted by atomic mass is 79.9. The molecule has 0 aliphatic carbocycles. The molecule has 2 heterocycles. The number of hydrogen-bond acceptors (Lipinski definition) is 2. The Labute approximate surface area is 139 Å². The molecule has 1 unspecified atom stereocenters. The standard InChI is InChI=1S/C16H21BrClN3/c1-2-20-9-3-4-13(11-20)21-15-6-5-12(17)10-14(15)19-16(21)7-8-18/h5-6,10,13H,2-4,7-9,11H2,1H3. The lowest BCUT2D eigenvalue weighted by Gasteiger charge is -2.33. The number of likely N-dealkylation sites (tertiary alicyclic amines) is 1. The number of imidazole rings is 1. The van der Waals surface area contributed by atoms with Gasteiger partial charge in [-0.05, 0) is 44.1 Å². The molecule has 1 aromatic heterocycles. The van der Waals surface area contributed by atoms with Crippen molar-refractivity contribution in [1.82, 2.24) is 14.5 Å². The first kappa shape index (κ1) is 15.3. The predicted molar refractivity (Wildman–Crippen MR) is 92.2 cm³/mol. The van der Waals surface area contributed by atoms with E-state index in [1.807, 2.05) is 0 Å². The van der Waals surface area contributed by atoms with E-state index in [9.17, 15) is 0 Å². The Morgan fingerprint density at radius 1 is 1.43 bits per heavy atom. The van der Waals surface area contributed by atoms with E-state index in [-0.39, 0.29) is 0 Å². The fourth-order valence-electron chi connectivity index (χ4n) is 3.32. The third-order valence-electron chi connectivity index (χ3n) is 4.34. The summed E-state index contributed by atoms with van der Waals surface area (Å²) in [5, 5.41) is 0. The molecule has 0 N–H and O–H groups in total. The number of benzene rings is 1. The van der Waals surface area contributed by atoms with Crippen LogP contribution in [-0.4, -0.2) is 40.0 Å². The molecule has 0 bridgehead atoms. The number of aromatic nitrogens is 2. The first-order valence-corrected chi connectivity index (χ1v) is 9.00. The molecule has 1 aliphatic rings. The smallest absolute Gasteiger partial charge is 0.111 e. The second-order valence-electron chi connectivity index (χ2n) is 5.66. The highest BCUT2D eigenvalue weighted by Gasteiger charge is 2.24. The Hall–Kier alpha value is -0.580. The lowest BCUT2D eigenvalue weighted by molar-refractivity contribution is 0.186. The van der Waals surface area contributed by atoms with Gasteiger partial charge in [-0.2, -0.15) is 0 Å². The number of aryl methyl sites for hydroxylation is 1. The Bertz CT molecular complexity index is 625. The van der Waals surface area contributed by atoms with E-state index < -0.39 is 0 Å². The van der Waals surface area contributed by atoms with Gasteiger partial charge in [0.15, 0.2) is 0 Å². The van der Waals surface area contributed by atoms with Crippen LogP contribution in [-0.2, 0) is 6.42 Å². The predicted octanol–water partition coefficient (Wildman–Crippen LogP) is 4.24. The molecule has 1 aliphatic heterocycles. The number of likely N-dealkylation sites (N-methyl/N-ethyl adjacent to an activating group) is 1. The molecule has 0 radical (unpaired) electrons. The van der Waals surface area contributed by atoms with E-state index in [1.54, 1.807) is 0 Å². The quantitative estimate of drug-likeness (QED) is 0.751. The van der Waals surface area contributed by atoms with Crippen molar-refractivity contribution in [2.24, 2.45) is 0 Å². The maximum Gasteiger partial charge on any atom is 0.111 e. The summed E-state index contributed by atoms with van der Waals surface area (Å²) in [6, 6.07) is 6.90. The minimum absolute atomic E-state index is 0.517. The van der Waals surface area contributed by atoms with Crippen LogP contribution in [0.5, 0.6) is 0 Å². The molecule has 114 valence electrons. The highest BCUT2D eigenvalue weighted by Crippen LogP contribution is 2.29. The molecular formula is C16H21BrClN3. The number of hydrogen-bond donors (Lipinski definition) is 0. The Balaban J connectivity index is 2.04. The summed E-state index contributed by atoms with van der Waals surface area (Å²) in [5.41, 5.74) is 2.30. The van der Waals surface area contributed by atoms with Gasteiger partial charge in [0.1, 0.15) is 5.82 Å². The summed E-state index contributed by atoms with van der Waals surface area (Å²) in [7, 11) is 0. The number of halogens is 2. The maximum absolute atomic E-state index is 5.99. The molecule has 3 rings (SSSR count). The number of nitrogens with zero attached hydrogens (tertiary/aromatic N) is 3. The zero-order valence-electron chi connectivity index (χ0n) is 12.4. The van der Waals surface area contributed by atoms with Crippen molar-refractivity contribution in [2.45, 2.75) is 32.2 Å². The highest BCUT2D eigenvalue weighted by molar-refractivity contribution is 9.10. The van der Waals surface area contributed by atoms with Crippen LogP contribution in [0, 0.1) is 0 Å². The summed E-state index contributed by atoms with van der Waals surface area (Å²) < 4.78 is 3.52. The van der Waals surface area contributed by atoms with E-state index >= 15 is 0 Å². The summed E-state index contributed by atoms with van der Waals surface area (Å²) in [4.78, 5) is 7.35. The Kier molecular flexibility index (Phi) is 4.87. The van der Waals surface area contributed by atoms with Crippen molar-refractivity contribution in [3.63, 3.8) is 0 Å². The van der Waals surface area contributed by atoms with Crippen LogP contribution in [0.4, 0.5) is 0 Å². The topological polar surface area (TPSA) is 21.1 Å². The third kappa shape index (κ3) is 3.13. The van der Waals surface area contributed by atoms with Gasteiger partial charge >= 0.3 is 0 Å². The second-order valence-corrected chi connectivity index (χ2v) is 6.95. The monoisotopic (exact) mass is 369 g/mol. The molecule has 0 amide bonds. The van der Waals surface area contributed by atoms with Crippen molar-refractivity contribution in [2.75, 3.05) is 25.5 Å². The van der Waals surface area contributed by atoms with Crippen LogP contribution < -0.4 is 0 Å². The van der Waals surface area contributed by atoms with Crippen LogP contribution in [0.25, 0.3) is 11.0 Å². The van der Waals surface area contributed by atoms with E-state index in [0.29, 0.717) is 11.9 Å². The molecule has 0 spiro atoms. The van der Waals surface area contributed by atoms with Gasteiger partial charge in [0.25, 0.3) is 0 Å². The van der Waals surface area contributed by atoms with Crippen molar-refractivity contribution >= 4 is 38.6 Å². The van der Waals surface area contributed by atoms with Gasteiger partial charge in [0.05, 0.1) is 11.0 Å². The van der Waals surface area contributed by atoms with Gasteiger partial charge in [-0.15, -0.1) is 11.6 Å². The number of piperidine rings is 1. The average molecular weight is 371 g/mol. The summed E-state index contributed by atoms with van der Waals surface area (Å²) in [6.07, 6.45) is 3.32. The van der Waals surface area contributed by atoms with Gasteiger partial charge in [-0.1, -0.05) is 22.9 Å². The SMILES string of the molecule is CCN1CCCC(n2c(CCCl)nc3cc(Br)ccc32)C1. The fraction of sp³-hybridized carbons (Fsp3) is 0.562. The Morgan fingerprint density at radius 3 is 3.05 bits per heavy atom. The first-order valence-electron chi connectivity index (χ1n) is 7.67. The van der Waals surface area contributed by atoms with Crippen LogP contribution in [0.1, 0.15) is 31.6 Å². The van der Waals surface area contributed by atoms with Crippen LogP contribution in [0.2, 0.25) is 0 Å². The minimum atomic E-state index is 0.517. The molecule has 1 saturated heterocycles. The number of fused-ring (bicyclic) bond motifs is 1. The van der Waals surface area contributed by atoms with Crippen LogP contribution in [0.15, 0.2) is 22.7 Å². The largest absolute Gasteiger partial charge is 0.324 e. The zero-order chi connectivity index (χ0) is 14.8. The molecule has 3 nitrogen and oxygen atoms in total. The van der Waals surface area contributed by atoms with Crippen LogP contribution >= 0.6 is 27.5 Å². The number of rotatable bonds is 4. The lowest BCUT2D eigenvalue weighted by Crippen LogP contribution is -2.36. The average Bonchev–Trinajstić information content (AvgIpc) is 2.84. The van der Waals surface area contributed by atoms with E-state index in [2.05, 4.69) is 50.5 Å². The molecular weight excluding hydrogens is 350 g/mol. The molecule has 2 aromatic rings. The second kappa shape index (κ2) is 6.67. The summed E-state index contributed by atoms with van der Waals surface area (Å²) >= 11 is 9.53. The van der Waals surface area contributed by atoms with Crippen molar-refractivity contribution in [1.29, 1.82) is 0 Å². The van der Waals surface area contributed by atoms with Gasteiger partial charge in [-0.3, -0.25) is 0 Å².